The van der Waals surface area contributed by atoms with E-state index >= 15 is 0 Å². The molecule has 4 nitrogen and oxygen atoms in total. The highest BCUT2D eigenvalue weighted by atomic mass is 35.5. The molecule has 0 amide bonds. The van der Waals surface area contributed by atoms with Gasteiger partial charge in [-0.3, -0.25) is 4.79 Å². The van der Waals surface area contributed by atoms with Crippen molar-refractivity contribution < 1.29 is 22.4 Å². The Morgan fingerprint density at radius 2 is 2.00 bits per heavy atom. The van der Waals surface area contributed by atoms with Crippen molar-refractivity contribution >= 4 is 28.3 Å². The van der Waals surface area contributed by atoms with E-state index < -0.39 is 23.3 Å². The first-order chi connectivity index (χ1) is 11.2. The van der Waals surface area contributed by atoms with Gasteiger partial charge in [0.1, 0.15) is 11.5 Å². The number of rotatable bonds is 2. The third-order valence-electron chi connectivity index (χ3n) is 3.34. The fraction of sp³-hybridized carbons (Fsp3) is 0.133. The zero-order valence-electron chi connectivity index (χ0n) is 12.0. The normalized spacial score (nSPS) is 11.9. The summed E-state index contributed by atoms with van der Waals surface area (Å²) in [6.07, 6.45) is -4.00. The second kappa shape index (κ2) is 5.55. The number of alkyl halides is 3. The summed E-state index contributed by atoms with van der Waals surface area (Å²) in [4.78, 5) is 15.4. The summed E-state index contributed by atoms with van der Waals surface area (Å²) in [5.74, 6) is -1.30. The van der Waals surface area contributed by atoms with Gasteiger partial charge in [0, 0.05) is 13.1 Å². The summed E-state index contributed by atoms with van der Waals surface area (Å²) in [7, 11) is 0. The Bertz CT molecular complexity index is 965. The van der Waals surface area contributed by atoms with Gasteiger partial charge in [-0.05, 0) is 18.2 Å². The first kappa shape index (κ1) is 16.4. The summed E-state index contributed by atoms with van der Waals surface area (Å²) in [5, 5.41) is 3.61. The van der Waals surface area contributed by atoms with Crippen LogP contribution < -0.4 is 0 Å². The smallest absolute Gasteiger partial charge is 0.293 e. The quantitative estimate of drug-likeness (QED) is 0.503. The number of fused-ring (bicyclic) bond motifs is 1. The molecule has 0 unspecified atom stereocenters. The van der Waals surface area contributed by atoms with E-state index in [1.165, 1.54) is 19.1 Å². The van der Waals surface area contributed by atoms with Gasteiger partial charge in [-0.1, -0.05) is 17.7 Å². The van der Waals surface area contributed by atoms with Crippen LogP contribution in [0.1, 0.15) is 23.0 Å². The average molecular weight is 358 g/mol. The molecule has 0 atom stereocenters. The molecule has 0 aliphatic carbocycles. The van der Waals surface area contributed by atoms with Gasteiger partial charge in [0.25, 0.3) is 0 Å². The molecule has 3 rings (SSSR count). The topological polar surface area (TPSA) is 47.8 Å². The minimum atomic E-state index is -4.60. The van der Waals surface area contributed by atoms with Crippen LogP contribution in [0, 0.1) is 5.82 Å². The number of pyridine rings is 1. The molecule has 2 aromatic heterocycles. The third-order valence-corrected chi connectivity index (χ3v) is 3.62. The maximum Gasteiger partial charge on any atom is 0.417 e. The lowest BCUT2D eigenvalue weighted by atomic mass is 10.1. The van der Waals surface area contributed by atoms with Crippen molar-refractivity contribution in [2.75, 3.05) is 0 Å². The molecule has 0 aliphatic heterocycles. The Kier molecular flexibility index (Phi) is 3.79. The molecular weight excluding hydrogens is 350 g/mol. The molecular formula is C15H8ClF4N3O. The standard InChI is InChI=1S/C15H8ClF4N3O/c1-7(24)13-12-10(17)3-2-4-11(12)23(22-13)14-9(16)5-8(6-21-14)15(18,19)20/h2-6H,1H3. The van der Waals surface area contributed by atoms with Gasteiger partial charge in [-0.2, -0.15) is 18.3 Å². The molecule has 0 saturated heterocycles. The van der Waals surface area contributed by atoms with Gasteiger partial charge in [0.05, 0.1) is 21.5 Å². The van der Waals surface area contributed by atoms with Crippen molar-refractivity contribution in [1.82, 2.24) is 14.8 Å². The molecule has 0 saturated carbocycles. The lowest BCUT2D eigenvalue weighted by Gasteiger charge is -2.09. The van der Waals surface area contributed by atoms with Gasteiger partial charge in [0.2, 0.25) is 0 Å². The molecule has 1 aromatic carbocycles. The van der Waals surface area contributed by atoms with Crippen LogP contribution in [-0.2, 0) is 6.18 Å². The van der Waals surface area contributed by atoms with E-state index in [1.54, 1.807) is 0 Å². The van der Waals surface area contributed by atoms with Crippen LogP contribution in [0.25, 0.3) is 16.7 Å². The van der Waals surface area contributed by atoms with Crippen molar-refractivity contribution in [3.8, 4) is 5.82 Å². The van der Waals surface area contributed by atoms with Gasteiger partial charge < -0.3 is 0 Å². The molecule has 0 bridgehead atoms. The number of carbonyl (C=O) groups is 1. The maximum atomic E-state index is 14.0. The van der Waals surface area contributed by atoms with Crippen molar-refractivity contribution in [1.29, 1.82) is 0 Å². The zero-order chi connectivity index (χ0) is 17.6. The third kappa shape index (κ3) is 2.62. The summed E-state index contributed by atoms with van der Waals surface area (Å²) < 4.78 is 53.2. The van der Waals surface area contributed by atoms with Crippen LogP contribution in [-0.4, -0.2) is 20.5 Å². The van der Waals surface area contributed by atoms with E-state index in [2.05, 4.69) is 10.1 Å². The van der Waals surface area contributed by atoms with E-state index in [0.29, 0.717) is 12.3 Å². The maximum absolute atomic E-state index is 14.0. The molecule has 9 heteroatoms. The first-order valence-electron chi connectivity index (χ1n) is 6.61. The van der Waals surface area contributed by atoms with Crippen LogP contribution in [0.3, 0.4) is 0 Å². The van der Waals surface area contributed by atoms with E-state index in [9.17, 15) is 22.4 Å². The number of nitrogens with zero attached hydrogens (tertiary/aromatic N) is 3. The molecule has 0 fully saturated rings. The van der Waals surface area contributed by atoms with E-state index in [-0.39, 0.29) is 27.4 Å². The molecule has 0 radical (unpaired) electrons. The number of aromatic nitrogens is 3. The molecule has 0 N–H and O–H groups in total. The number of carbonyl (C=O) groups excluding carboxylic acids is 1. The highest BCUT2D eigenvalue weighted by molar-refractivity contribution is 6.32. The van der Waals surface area contributed by atoms with E-state index in [4.69, 9.17) is 11.6 Å². The highest BCUT2D eigenvalue weighted by Gasteiger charge is 2.32. The first-order valence-corrected chi connectivity index (χ1v) is 6.99. The molecule has 3 aromatic rings. The lowest BCUT2D eigenvalue weighted by molar-refractivity contribution is -0.137. The Morgan fingerprint density at radius 3 is 2.58 bits per heavy atom. The fourth-order valence-corrected chi connectivity index (χ4v) is 2.52. The van der Waals surface area contributed by atoms with Crippen molar-refractivity contribution in [2.45, 2.75) is 13.1 Å². The number of hydrogen-bond acceptors (Lipinski definition) is 3. The van der Waals surface area contributed by atoms with Crippen molar-refractivity contribution in [3.05, 3.63) is 52.6 Å². The molecule has 2 heterocycles. The summed E-state index contributed by atoms with van der Waals surface area (Å²) >= 11 is 5.90. The van der Waals surface area contributed by atoms with Gasteiger partial charge in [-0.25, -0.2) is 14.1 Å². The number of ketones is 1. The van der Waals surface area contributed by atoms with Crippen LogP contribution in [0.2, 0.25) is 5.02 Å². The van der Waals surface area contributed by atoms with Gasteiger partial charge in [0.15, 0.2) is 11.6 Å². The summed E-state index contributed by atoms with van der Waals surface area (Å²) in [6, 6.07) is 4.71. The Hall–Kier alpha value is -2.48. The summed E-state index contributed by atoms with van der Waals surface area (Å²) in [6.45, 7) is 1.21. The predicted octanol–water partition coefficient (Wildman–Crippen LogP) is 4.43. The van der Waals surface area contributed by atoms with E-state index in [0.717, 1.165) is 10.7 Å². The van der Waals surface area contributed by atoms with Crippen molar-refractivity contribution in [2.24, 2.45) is 0 Å². The minimum absolute atomic E-state index is 0.0391. The second-order valence-electron chi connectivity index (χ2n) is 4.98. The average Bonchev–Trinajstić information content (AvgIpc) is 2.87. The van der Waals surface area contributed by atoms with Crippen LogP contribution >= 0.6 is 11.6 Å². The van der Waals surface area contributed by atoms with Crippen LogP contribution in [0.4, 0.5) is 17.6 Å². The molecule has 124 valence electrons. The minimum Gasteiger partial charge on any atom is -0.293 e. The number of halogens is 5. The SMILES string of the molecule is CC(=O)c1nn(-c2ncc(C(F)(F)F)cc2Cl)c2cccc(F)c12. The number of benzene rings is 1. The Labute approximate surface area is 137 Å². The zero-order valence-corrected chi connectivity index (χ0v) is 12.8. The lowest BCUT2D eigenvalue weighted by Crippen LogP contribution is -2.08. The van der Waals surface area contributed by atoms with Gasteiger partial charge >= 0.3 is 6.18 Å². The fourth-order valence-electron chi connectivity index (χ4n) is 2.28. The Balaban J connectivity index is 2.28. The van der Waals surface area contributed by atoms with E-state index in [1.807, 2.05) is 0 Å². The predicted molar refractivity (Wildman–Crippen MR) is 78.8 cm³/mol. The summed E-state index contributed by atoms with van der Waals surface area (Å²) in [5.41, 5.74) is -0.999. The highest BCUT2D eigenvalue weighted by Crippen LogP contribution is 2.33. The number of hydrogen-bond donors (Lipinski definition) is 0. The van der Waals surface area contributed by atoms with Crippen LogP contribution in [0.15, 0.2) is 30.5 Å². The molecule has 0 aliphatic rings. The Morgan fingerprint density at radius 1 is 1.29 bits per heavy atom. The molecule has 24 heavy (non-hydrogen) atoms. The molecule has 0 spiro atoms. The monoisotopic (exact) mass is 357 g/mol. The van der Waals surface area contributed by atoms with Crippen LogP contribution in [0.5, 0.6) is 0 Å². The van der Waals surface area contributed by atoms with Gasteiger partial charge in [-0.15, -0.1) is 0 Å². The largest absolute Gasteiger partial charge is 0.417 e. The number of Topliss-reactive ketones (excluding diaryl/α,β-unsaturated/α-hetero) is 1. The second-order valence-corrected chi connectivity index (χ2v) is 5.38. The van der Waals surface area contributed by atoms with Crippen molar-refractivity contribution in [3.63, 3.8) is 0 Å².